The lowest BCUT2D eigenvalue weighted by Gasteiger charge is -2.32. The Morgan fingerprint density at radius 2 is 2.06 bits per heavy atom. The number of pyridine rings is 1. The molecule has 0 bridgehead atoms. The zero-order valence-corrected chi connectivity index (χ0v) is 17.9. The topological polar surface area (TPSA) is 81.7 Å². The van der Waals surface area contributed by atoms with Crippen LogP contribution in [-0.2, 0) is 6.42 Å². The molecule has 2 aromatic heterocycles. The molecular formula is C24H21F3N6. The SMILES string of the molecule is CC(=N)n1c(=N)nc(N2CCCc3c(C#CC4(C(F)F)CC4)cccc32)c2cc(F)cnc21. The van der Waals surface area contributed by atoms with Crippen molar-refractivity contribution in [2.45, 2.75) is 39.0 Å². The maximum absolute atomic E-state index is 14.2. The van der Waals surface area contributed by atoms with Gasteiger partial charge in [0, 0.05) is 17.8 Å². The highest BCUT2D eigenvalue weighted by Gasteiger charge is 2.50. The average molecular weight is 450 g/mol. The van der Waals surface area contributed by atoms with E-state index < -0.39 is 17.7 Å². The van der Waals surface area contributed by atoms with Gasteiger partial charge in [-0.2, -0.15) is 4.98 Å². The molecule has 5 rings (SSSR count). The maximum Gasteiger partial charge on any atom is 0.254 e. The fourth-order valence-corrected chi connectivity index (χ4v) is 4.30. The number of hydrogen-bond donors (Lipinski definition) is 2. The van der Waals surface area contributed by atoms with Crippen LogP contribution in [-0.4, -0.2) is 33.3 Å². The number of alkyl halides is 2. The Morgan fingerprint density at radius 3 is 2.76 bits per heavy atom. The van der Waals surface area contributed by atoms with E-state index >= 15 is 0 Å². The number of rotatable bonds is 2. The zero-order valence-electron chi connectivity index (χ0n) is 17.9. The third-order valence-electron chi connectivity index (χ3n) is 6.20. The molecule has 1 aliphatic carbocycles. The van der Waals surface area contributed by atoms with E-state index in [9.17, 15) is 13.2 Å². The summed E-state index contributed by atoms with van der Waals surface area (Å²) in [4.78, 5) is 10.4. The monoisotopic (exact) mass is 450 g/mol. The number of fused-ring (bicyclic) bond motifs is 2. The molecule has 0 saturated heterocycles. The molecule has 1 aromatic carbocycles. The van der Waals surface area contributed by atoms with Gasteiger partial charge in [0.15, 0.2) is 5.65 Å². The van der Waals surface area contributed by atoms with E-state index in [0.29, 0.717) is 36.2 Å². The lowest BCUT2D eigenvalue weighted by atomic mass is 9.95. The van der Waals surface area contributed by atoms with E-state index in [1.54, 1.807) is 0 Å². The lowest BCUT2D eigenvalue weighted by molar-refractivity contribution is 0.0921. The van der Waals surface area contributed by atoms with Crippen molar-refractivity contribution >= 4 is 28.4 Å². The summed E-state index contributed by atoms with van der Waals surface area (Å²) in [5.74, 6) is 5.67. The van der Waals surface area contributed by atoms with Crippen molar-refractivity contribution in [3.63, 3.8) is 0 Å². The van der Waals surface area contributed by atoms with Gasteiger partial charge >= 0.3 is 0 Å². The molecular weight excluding hydrogens is 429 g/mol. The number of aromatic nitrogens is 3. The van der Waals surface area contributed by atoms with Crippen molar-refractivity contribution in [1.29, 1.82) is 10.8 Å². The largest absolute Gasteiger partial charge is 0.325 e. The molecule has 0 amide bonds. The van der Waals surface area contributed by atoms with Crippen LogP contribution in [0.1, 0.15) is 37.3 Å². The number of hydrogen-bond acceptors (Lipinski definition) is 5. The van der Waals surface area contributed by atoms with Crippen LogP contribution in [0.4, 0.5) is 24.7 Å². The highest BCUT2D eigenvalue weighted by atomic mass is 19.3. The van der Waals surface area contributed by atoms with E-state index in [2.05, 4.69) is 21.8 Å². The minimum absolute atomic E-state index is 0.0489. The van der Waals surface area contributed by atoms with Crippen molar-refractivity contribution in [3.8, 4) is 11.8 Å². The molecule has 6 nitrogen and oxygen atoms in total. The predicted molar refractivity (Wildman–Crippen MR) is 118 cm³/mol. The Morgan fingerprint density at radius 1 is 1.27 bits per heavy atom. The quantitative estimate of drug-likeness (QED) is 0.346. The van der Waals surface area contributed by atoms with Gasteiger partial charge in [0.25, 0.3) is 6.43 Å². The summed E-state index contributed by atoms with van der Waals surface area (Å²) in [6.45, 7) is 2.09. The molecule has 0 radical (unpaired) electrons. The normalized spacial score (nSPS) is 16.3. The summed E-state index contributed by atoms with van der Waals surface area (Å²) in [6.07, 6.45) is 0.903. The van der Waals surface area contributed by atoms with E-state index in [1.165, 1.54) is 17.6 Å². The minimum atomic E-state index is -2.46. The van der Waals surface area contributed by atoms with Crippen LogP contribution in [0.3, 0.4) is 0 Å². The van der Waals surface area contributed by atoms with Crippen molar-refractivity contribution in [2.24, 2.45) is 5.41 Å². The van der Waals surface area contributed by atoms with Crippen LogP contribution in [0.2, 0.25) is 0 Å². The van der Waals surface area contributed by atoms with Crippen LogP contribution in [0.25, 0.3) is 11.0 Å². The van der Waals surface area contributed by atoms with Crippen LogP contribution in [0, 0.1) is 33.9 Å². The first-order valence-electron chi connectivity index (χ1n) is 10.7. The number of anilines is 2. The van der Waals surface area contributed by atoms with Crippen molar-refractivity contribution < 1.29 is 13.2 Å². The van der Waals surface area contributed by atoms with Gasteiger partial charge < -0.3 is 4.90 Å². The molecule has 0 atom stereocenters. The predicted octanol–water partition coefficient (Wildman–Crippen LogP) is 4.38. The van der Waals surface area contributed by atoms with Crippen LogP contribution in [0.5, 0.6) is 0 Å². The second-order valence-electron chi connectivity index (χ2n) is 8.47. The van der Waals surface area contributed by atoms with E-state index in [4.69, 9.17) is 10.8 Å². The lowest BCUT2D eigenvalue weighted by Crippen LogP contribution is -2.33. The van der Waals surface area contributed by atoms with Gasteiger partial charge in [-0.25, -0.2) is 18.2 Å². The first-order valence-corrected chi connectivity index (χ1v) is 10.7. The molecule has 0 unspecified atom stereocenters. The Hall–Kier alpha value is -3.67. The summed E-state index contributed by atoms with van der Waals surface area (Å²) in [5.41, 5.74) is 1.33. The van der Waals surface area contributed by atoms with Gasteiger partial charge in [-0.15, -0.1) is 0 Å². The van der Waals surface area contributed by atoms with Crippen LogP contribution in [0.15, 0.2) is 30.5 Å². The van der Waals surface area contributed by atoms with Gasteiger partial charge in [-0.1, -0.05) is 17.9 Å². The Balaban J connectivity index is 1.67. The molecule has 0 spiro atoms. The summed E-state index contributed by atoms with van der Waals surface area (Å²) < 4.78 is 42.1. The third-order valence-corrected chi connectivity index (χ3v) is 6.20. The second-order valence-corrected chi connectivity index (χ2v) is 8.47. The molecule has 33 heavy (non-hydrogen) atoms. The van der Waals surface area contributed by atoms with Crippen LogP contribution < -0.4 is 10.5 Å². The average Bonchev–Trinajstić information content (AvgIpc) is 3.58. The molecule has 2 aliphatic rings. The Labute approximate surface area is 188 Å². The first-order chi connectivity index (χ1) is 15.8. The number of nitrogens with one attached hydrogen (secondary N) is 2. The van der Waals surface area contributed by atoms with E-state index in [0.717, 1.165) is 30.3 Å². The van der Waals surface area contributed by atoms with Gasteiger partial charge in [-0.3, -0.25) is 15.4 Å². The Bertz CT molecular complexity index is 1410. The van der Waals surface area contributed by atoms with Crippen molar-refractivity contribution in [3.05, 3.63) is 53.0 Å². The first kappa shape index (κ1) is 21.2. The van der Waals surface area contributed by atoms with Crippen LogP contribution >= 0.6 is 0 Å². The molecule has 9 heteroatoms. The standard InChI is InChI=1S/C24H21F3N6/c1-14(28)33-20-18(12-16(25)13-30-20)21(31-23(33)29)32-11-3-5-17-15(4-2-6-19(17)32)7-8-24(9-10-24)22(26)27/h2,4,6,12-13,22,28-29H,3,5,9-11H2,1H3. The Kier molecular flexibility index (Phi) is 4.96. The summed E-state index contributed by atoms with van der Waals surface area (Å²) in [6, 6.07) is 6.85. The number of nitrogens with zero attached hydrogens (tertiary/aromatic N) is 4. The fourth-order valence-electron chi connectivity index (χ4n) is 4.30. The summed E-state index contributed by atoms with van der Waals surface area (Å²) in [7, 11) is 0. The van der Waals surface area contributed by atoms with Gasteiger partial charge in [-0.05, 0) is 56.4 Å². The fraction of sp³-hybridized carbons (Fsp3) is 0.333. The molecule has 1 saturated carbocycles. The van der Waals surface area contributed by atoms with E-state index in [-0.39, 0.29) is 17.1 Å². The molecule has 1 aliphatic heterocycles. The van der Waals surface area contributed by atoms with Gasteiger partial charge in [0.05, 0.1) is 17.0 Å². The zero-order chi connectivity index (χ0) is 23.3. The van der Waals surface area contributed by atoms with Gasteiger partial charge in [0.1, 0.15) is 17.5 Å². The third kappa shape index (κ3) is 3.55. The number of halogens is 3. The molecule has 1 fully saturated rings. The molecule has 3 heterocycles. The van der Waals surface area contributed by atoms with Crippen molar-refractivity contribution in [1.82, 2.24) is 14.5 Å². The van der Waals surface area contributed by atoms with Gasteiger partial charge in [0.2, 0.25) is 5.62 Å². The maximum atomic E-state index is 14.2. The smallest absolute Gasteiger partial charge is 0.254 e. The summed E-state index contributed by atoms with van der Waals surface area (Å²) >= 11 is 0. The number of benzene rings is 1. The minimum Gasteiger partial charge on any atom is -0.325 e. The molecule has 3 aromatic rings. The summed E-state index contributed by atoms with van der Waals surface area (Å²) in [5, 5.41) is 16.7. The highest BCUT2D eigenvalue weighted by Crippen LogP contribution is 2.50. The molecule has 2 N–H and O–H groups in total. The van der Waals surface area contributed by atoms with Crippen molar-refractivity contribution in [2.75, 3.05) is 11.4 Å². The second kappa shape index (κ2) is 7.73. The molecule has 168 valence electrons. The highest BCUT2D eigenvalue weighted by molar-refractivity contribution is 5.95. The van der Waals surface area contributed by atoms with E-state index in [1.807, 2.05) is 23.1 Å².